The molecule has 1 aliphatic heterocycles. The number of aromatic nitrogens is 4. The van der Waals surface area contributed by atoms with Gasteiger partial charge in [-0.05, 0) is 49.2 Å². The summed E-state index contributed by atoms with van der Waals surface area (Å²) < 4.78 is 1.96. The summed E-state index contributed by atoms with van der Waals surface area (Å²) >= 11 is 12.4. The highest BCUT2D eigenvalue weighted by molar-refractivity contribution is 6.30. The molecule has 0 saturated carbocycles. The number of anilines is 2. The second-order valence-electron chi connectivity index (χ2n) is 8.95. The fourth-order valence-electron chi connectivity index (χ4n) is 4.86. The fourth-order valence-corrected chi connectivity index (χ4v) is 5.11. The molecule has 3 heterocycles. The number of benzene rings is 2. The van der Waals surface area contributed by atoms with Gasteiger partial charge in [0.15, 0.2) is 17.0 Å². The van der Waals surface area contributed by atoms with Gasteiger partial charge in [-0.2, -0.15) is 9.97 Å². The van der Waals surface area contributed by atoms with E-state index in [0.717, 1.165) is 52.5 Å². The van der Waals surface area contributed by atoms with Gasteiger partial charge in [0.2, 0.25) is 5.95 Å². The van der Waals surface area contributed by atoms with E-state index in [1.165, 1.54) is 11.1 Å². The zero-order chi connectivity index (χ0) is 24.7. The van der Waals surface area contributed by atoms with Crippen molar-refractivity contribution < 1.29 is 0 Å². The van der Waals surface area contributed by atoms with Gasteiger partial charge in [-0.15, -0.1) is 0 Å². The van der Waals surface area contributed by atoms with Gasteiger partial charge in [-0.1, -0.05) is 47.5 Å². The zero-order valence-electron chi connectivity index (χ0n) is 19.9. The van der Waals surface area contributed by atoms with E-state index in [0.29, 0.717) is 5.95 Å². The number of aryl methyl sites for hydroxylation is 2. The van der Waals surface area contributed by atoms with Gasteiger partial charge >= 0.3 is 0 Å². The molecule has 4 aromatic rings. The minimum absolute atomic E-state index is 0.0814. The molecule has 1 atom stereocenters. The Bertz CT molecular complexity index is 1290. The lowest BCUT2D eigenvalue weighted by Gasteiger charge is -2.44. The summed E-state index contributed by atoms with van der Waals surface area (Å²) in [6.45, 7) is 6.63. The summed E-state index contributed by atoms with van der Waals surface area (Å²) in [6.07, 6.45) is 0. The maximum Gasteiger partial charge on any atom is 0.241 e. The van der Waals surface area contributed by atoms with Crippen molar-refractivity contribution in [3.05, 3.63) is 75.5 Å². The molecule has 1 aliphatic rings. The lowest BCUT2D eigenvalue weighted by molar-refractivity contribution is 0.187. The number of hydrogen-bond acceptors (Lipinski definition) is 7. The molecule has 3 N–H and O–H groups in total. The number of nitrogens with two attached hydrogens (primary N) is 1. The van der Waals surface area contributed by atoms with Crippen LogP contribution in [-0.4, -0.2) is 50.1 Å². The van der Waals surface area contributed by atoms with Crippen LogP contribution in [0.1, 0.15) is 29.9 Å². The summed E-state index contributed by atoms with van der Waals surface area (Å²) in [7, 11) is 1.95. The molecule has 35 heavy (non-hydrogen) atoms. The number of piperazine rings is 1. The molecule has 1 saturated heterocycles. The first kappa shape index (κ1) is 23.8. The Labute approximate surface area is 214 Å². The Morgan fingerprint density at radius 2 is 1.54 bits per heavy atom. The van der Waals surface area contributed by atoms with Gasteiger partial charge in [0.05, 0.1) is 6.04 Å². The predicted molar refractivity (Wildman–Crippen MR) is 142 cm³/mol. The van der Waals surface area contributed by atoms with Crippen LogP contribution in [0.4, 0.5) is 11.8 Å². The Morgan fingerprint density at radius 3 is 2.09 bits per heavy atom. The summed E-state index contributed by atoms with van der Waals surface area (Å²) in [5.41, 5.74) is 6.54. The Balaban J connectivity index is 1.49. The van der Waals surface area contributed by atoms with Crippen LogP contribution in [0, 0.1) is 6.92 Å². The van der Waals surface area contributed by atoms with Crippen molar-refractivity contribution in [2.75, 3.05) is 30.0 Å². The van der Waals surface area contributed by atoms with Gasteiger partial charge in [-0.25, -0.2) is 10.8 Å². The van der Waals surface area contributed by atoms with Crippen LogP contribution in [0.2, 0.25) is 10.0 Å². The lowest BCUT2D eigenvalue weighted by Crippen LogP contribution is -2.53. The molecule has 10 heteroatoms. The Hall–Kier alpha value is -2.91. The maximum atomic E-state index is 6.19. The van der Waals surface area contributed by atoms with Crippen molar-refractivity contribution in [3.63, 3.8) is 0 Å². The molecular weight excluding hydrogens is 483 g/mol. The van der Waals surface area contributed by atoms with Crippen LogP contribution >= 0.6 is 23.2 Å². The Kier molecular flexibility index (Phi) is 6.55. The van der Waals surface area contributed by atoms with Crippen LogP contribution in [0.3, 0.4) is 0 Å². The topological polar surface area (TPSA) is 88.1 Å². The number of imidazole rings is 1. The van der Waals surface area contributed by atoms with Crippen LogP contribution in [0.5, 0.6) is 0 Å². The van der Waals surface area contributed by atoms with E-state index in [2.05, 4.69) is 51.4 Å². The van der Waals surface area contributed by atoms with E-state index in [1.807, 2.05) is 42.8 Å². The van der Waals surface area contributed by atoms with E-state index < -0.39 is 0 Å². The van der Waals surface area contributed by atoms with Gasteiger partial charge in [0.25, 0.3) is 0 Å². The van der Waals surface area contributed by atoms with Gasteiger partial charge in [-0.3, -0.25) is 10.3 Å². The molecule has 0 aliphatic carbocycles. The average Bonchev–Trinajstić information content (AvgIpc) is 3.15. The number of hydrogen-bond donors (Lipinski definition) is 2. The summed E-state index contributed by atoms with van der Waals surface area (Å²) in [5.74, 6) is 7.75. The number of nitrogen functional groups attached to an aromatic ring is 1. The first-order valence-electron chi connectivity index (χ1n) is 11.5. The number of rotatable bonds is 5. The summed E-state index contributed by atoms with van der Waals surface area (Å²) in [4.78, 5) is 18.8. The quantitative estimate of drug-likeness (QED) is 0.300. The van der Waals surface area contributed by atoms with Gasteiger partial charge in [0.1, 0.15) is 5.82 Å². The highest BCUT2D eigenvalue weighted by Gasteiger charge is 2.32. The van der Waals surface area contributed by atoms with E-state index >= 15 is 0 Å². The number of halogens is 2. The molecule has 1 fully saturated rings. The minimum Gasteiger partial charge on any atom is -0.349 e. The molecule has 0 spiro atoms. The second-order valence-corrected chi connectivity index (χ2v) is 9.82. The van der Waals surface area contributed by atoms with Crippen LogP contribution in [0.25, 0.3) is 11.2 Å². The molecule has 2 aromatic heterocycles. The molecule has 2 aromatic carbocycles. The number of nitrogens with one attached hydrogen (secondary N) is 1. The second kappa shape index (κ2) is 9.62. The zero-order valence-corrected chi connectivity index (χ0v) is 21.4. The smallest absolute Gasteiger partial charge is 0.241 e. The normalized spacial score (nSPS) is 16.9. The number of nitrogens with zero attached hydrogens (tertiary/aromatic N) is 6. The molecule has 0 amide bonds. The van der Waals surface area contributed by atoms with Crippen molar-refractivity contribution in [1.82, 2.24) is 24.4 Å². The van der Waals surface area contributed by atoms with Crippen LogP contribution < -0.4 is 16.2 Å². The summed E-state index contributed by atoms with van der Waals surface area (Å²) in [6, 6.07) is 16.4. The lowest BCUT2D eigenvalue weighted by atomic mass is 9.95. The van der Waals surface area contributed by atoms with Crippen molar-refractivity contribution >= 4 is 46.1 Å². The first-order chi connectivity index (χ1) is 16.9. The standard InChI is InChI=1S/C25H28Cl2N8/c1-15-14-34(22(17-4-8-19(26)9-5-17)18-6-10-20(27)11-7-18)12-13-35(15)24-21-23(30-25(31-24)32-28)33(3)16(2)29-21/h4-11,15,22H,12-14,28H2,1-3H3,(H,30,31,32). The van der Waals surface area contributed by atoms with Gasteiger partial charge in [0, 0.05) is 42.8 Å². The Morgan fingerprint density at radius 1 is 0.943 bits per heavy atom. The average molecular weight is 511 g/mol. The van der Waals surface area contributed by atoms with Gasteiger partial charge < -0.3 is 9.47 Å². The SMILES string of the molecule is Cc1nc2c(N3CCN(C(c4ccc(Cl)cc4)c4ccc(Cl)cc4)CC3C)nc(NN)nc2n1C. The van der Waals surface area contributed by atoms with E-state index in [9.17, 15) is 0 Å². The monoisotopic (exact) mass is 510 g/mol. The third kappa shape index (κ3) is 4.54. The molecule has 0 bridgehead atoms. The fraction of sp³-hybridized carbons (Fsp3) is 0.320. The molecule has 1 unspecified atom stereocenters. The van der Waals surface area contributed by atoms with E-state index in [4.69, 9.17) is 39.0 Å². The maximum absolute atomic E-state index is 6.19. The molecule has 0 radical (unpaired) electrons. The summed E-state index contributed by atoms with van der Waals surface area (Å²) in [5, 5.41) is 1.45. The minimum atomic E-state index is 0.0814. The largest absolute Gasteiger partial charge is 0.349 e. The third-order valence-electron chi connectivity index (χ3n) is 6.72. The van der Waals surface area contributed by atoms with Crippen LogP contribution in [-0.2, 0) is 7.05 Å². The van der Waals surface area contributed by atoms with E-state index in [1.54, 1.807) is 0 Å². The highest BCUT2D eigenvalue weighted by Crippen LogP contribution is 2.34. The molecule has 5 rings (SSSR count). The van der Waals surface area contributed by atoms with Crippen molar-refractivity contribution in [1.29, 1.82) is 0 Å². The first-order valence-corrected chi connectivity index (χ1v) is 12.3. The van der Waals surface area contributed by atoms with Crippen LogP contribution in [0.15, 0.2) is 48.5 Å². The molecule has 8 nitrogen and oxygen atoms in total. The van der Waals surface area contributed by atoms with Crippen molar-refractivity contribution in [2.45, 2.75) is 25.9 Å². The highest BCUT2D eigenvalue weighted by atomic mass is 35.5. The predicted octanol–water partition coefficient (Wildman–Crippen LogP) is 4.56. The molecule has 182 valence electrons. The van der Waals surface area contributed by atoms with E-state index in [-0.39, 0.29) is 12.1 Å². The number of hydrazine groups is 1. The van der Waals surface area contributed by atoms with Crippen molar-refractivity contribution in [3.8, 4) is 0 Å². The third-order valence-corrected chi connectivity index (χ3v) is 7.22. The van der Waals surface area contributed by atoms with Crippen molar-refractivity contribution in [2.24, 2.45) is 12.9 Å². The number of fused-ring (bicyclic) bond motifs is 1. The molecular formula is C25H28Cl2N8.